The number of hydrogen-bond donors (Lipinski definition) is 3. The topological polar surface area (TPSA) is 237 Å². The molecule has 0 aliphatic heterocycles. The highest BCUT2D eigenvalue weighted by atomic mass is 31.2. The van der Waals surface area contributed by atoms with Gasteiger partial charge >= 0.3 is 39.5 Å². The van der Waals surface area contributed by atoms with Crippen molar-refractivity contribution in [1.29, 1.82) is 0 Å². The molecule has 0 saturated carbocycles. The molecule has 3 N–H and O–H groups in total. The van der Waals surface area contributed by atoms with Crippen LogP contribution in [0.1, 0.15) is 331 Å². The van der Waals surface area contributed by atoms with Crippen LogP contribution in [-0.2, 0) is 65.4 Å². The minimum atomic E-state index is -4.95. The Morgan fingerprint density at radius 3 is 0.884 bits per heavy atom. The normalized spacial score (nSPS) is 14.9. The summed E-state index contributed by atoms with van der Waals surface area (Å²) < 4.78 is 68.1. The largest absolute Gasteiger partial charge is 0.472 e. The minimum Gasteiger partial charge on any atom is -0.462 e. The fourth-order valence-electron chi connectivity index (χ4n) is 9.95. The number of carbonyl (C=O) groups is 4. The van der Waals surface area contributed by atoms with E-state index in [9.17, 15) is 43.2 Å². The van der Waals surface area contributed by atoms with E-state index in [1.807, 2.05) is 0 Å². The summed E-state index contributed by atoms with van der Waals surface area (Å²) in [7, 11) is -9.89. The van der Waals surface area contributed by atoms with E-state index in [1.54, 1.807) is 0 Å². The van der Waals surface area contributed by atoms with Crippen molar-refractivity contribution < 1.29 is 80.2 Å². The number of aliphatic hydroxyl groups is 1. The fraction of sp³-hybridized carbons (Fsp3) is 0.940. The molecular weight excluding hydrogens is 1140 g/mol. The number of hydrogen-bond acceptors (Lipinski definition) is 15. The second-order valence-electron chi connectivity index (χ2n) is 25.2. The quantitative estimate of drug-likeness (QED) is 0.0222. The first-order valence-corrected chi connectivity index (χ1v) is 37.9. The monoisotopic (exact) mass is 1270 g/mol. The smallest absolute Gasteiger partial charge is 0.462 e. The highest BCUT2D eigenvalue weighted by molar-refractivity contribution is 7.47. The molecule has 0 heterocycles. The third-order valence-electron chi connectivity index (χ3n) is 16.1. The van der Waals surface area contributed by atoms with Crippen molar-refractivity contribution in [3.8, 4) is 0 Å². The van der Waals surface area contributed by atoms with E-state index in [0.717, 1.165) is 108 Å². The standard InChI is InChI=1S/C67H130O17P2/c1-8-11-12-13-14-15-16-17-18-19-20-27-36-43-50-66(71)83-62(54-77-64(69)48-41-34-26-22-21-25-32-39-46-59(6)9-2)56-81-85(73,74)79-52-61(68)53-80-86(75,76)82-57-63(84-67(72)51-44-37-28-23-24-31-38-45-58(4)5)55-78-65(70)49-42-35-30-29-33-40-47-60(7)10-3/h58-63,68H,8-57H2,1-7H3,(H,73,74)(H,75,76)/t59?,60?,61-,62-,63-/m1/s1. The molecule has 0 spiro atoms. The van der Waals surface area contributed by atoms with Gasteiger partial charge in [-0.15, -0.1) is 0 Å². The van der Waals surface area contributed by atoms with E-state index in [0.29, 0.717) is 31.6 Å². The van der Waals surface area contributed by atoms with Gasteiger partial charge in [-0.05, 0) is 43.4 Å². The van der Waals surface area contributed by atoms with Crippen LogP contribution in [0.5, 0.6) is 0 Å². The highest BCUT2D eigenvalue weighted by Gasteiger charge is 2.30. The molecule has 0 aliphatic rings. The molecule has 7 atom stereocenters. The van der Waals surface area contributed by atoms with Gasteiger partial charge in [0.15, 0.2) is 12.2 Å². The van der Waals surface area contributed by atoms with Crippen LogP contribution in [0.2, 0.25) is 0 Å². The number of phosphoric ester groups is 2. The maximum atomic E-state index is 13.0. The van der Waals surface area contributed by atoms with Crippen molar-refractivity contribution in [1.82, 2.24) is 0 Å². The number of rotatable bonds is 65. The summed E-state index contributed by atoms with van der Waals surface area (Å²) in [6.07, 6.45) is 40.3. The lowest BCUT2D eigenvalue weighted by Gasteiger charge is -2.21. The van der Waals surface area contributed by atoms with Crippen molar-refractivity contribution >= 4 is 39.5 Å². The minimum absolute atomic E-state index is 0.102. The lowest BCUT2D eigenvalue weighted by molar-refractivity contribution is -0.161. The van der Waals surface area contributed by atoms with Gasteiger partial charge in [-0.1, -0.05) is 280 Å². The van der Waals surface area contributed by atoms with Crippen LogP contribution in [0.25, 0.3) is 0 Å². The Bertz CT molecular complexity index is 1700. The Morgan fingerprint density at radius 1 is 0.337 bits per heavy atom. The summed E-state index contributed by atoms with van der Waals surface area (Å²) in [4.78, 5) is 72.4. The fourth-order valence-corrected chi connectivity index (χ4v) is 11.5. The van der Waals surface area contributed by atoms with E-state index in [2.05, 4.69) is 48.5 Å². The van der Waals surface area contributed by atoms with Crippen molar-refractivity contribution in [3.63, 3.8) is 0 Å². The van der Waals surface area contributed by atoms with Gasteiger partial charge in [-0.2, -0.15) is 0 Å². The van der Waals surface area contributed by atoms with Crippen molar-refractivity contribution in [2.45, 2.75) is 349 Å². The lowest BCUT2D eigenvalue weighted by atomic mass is 9.99. The van der Waals surface area contributed by atoms with E-state index < -0.39 is 97.5 Å². The Labute approximate surface area is 524 Å². The second kappa shape index (κ2) is 58.2. The molecule has 0 rings (SSSR count). The molecular formula is C67H130O17P2. The molecule has 0 aromatic carbocycles. The average molecular weight is 1270 g/mol. The molecule has 510 valence electrons. The summed E-state index contributed by atoms with van der Waals surface area (Å²) in [6.45, 7) is 11.7. The predicted molar refractivity (Wildman–Crippen MR) is 344 cm³/mol. The zero-order chi connectivity index (χ0) is 63.8. The molecule has 4 unspecified atom stereocenters. The molecule has 0 aromatic rings. The van der Waals surface area contributed by atoms with E-state index in [4.69, 9.17) is 37.0 Å². The Hall–Kier alpha value is -1.94. The first-order valence-electron chi connectivity index (χ1n) is 34.9. The van der Waals surface area contributed by atoms with Gasteiger partial charge in [0.1, 0.15) is 19.3 Å². The molecule has 0 aliphatic carbocycles. The maximum Gasteiger partial charge on any atom is 0.472 e. The number of aliphatic hydroxyl groups excluding tert-OH is 1. The van der Waals surface area contributed by atoms with Crippen molar-refractivity contribution in [3.05, 3.63) is 0 Å². The highest BCUT2D eigenvalue weighted by Crippen LogP contribution is 2.45. The van der Waals surface area contributed by atoms with Crippen LogP contribution in [-0.4, -0.2) is 96.7 Å². The molecule has 19 heteroatoms. The van der Waals surface area contributed by atoms with Crippen LogP contribution in [0.15, 0.2) is 0 Å². The summed E-state index contributed by atoms with van der Waals surface area (Å²) in [5, 5.41) is 10.6. The van der Waals surface area contributed by atoms with Gasteiger partial charge in [0.05, 0.1) is 26.4 Å². The average Bonchev–Trinajstić information content (AvgIpc) is 3.54. The zero-order valence-corrected chi connectivity index (χ0v) is 57.6. The van der Waals surface area contributed by atoms with Gasteiger partial charge in [0.25, 0.3) is 0 Å². The third-order valence-corrected chi connectivity index (χ3v) is 18.0. The number of unbranched alkanes of at least 4 members (excludes halogenated alkanes) is 31. The van der Waals surface area contributed by atoms with Gasteiger partial charge < -0.3 is 33.8 Å². The van der Waals surface area contributed by atoms with Crippen LogP contribution in [0, 0.1) is 17.8 Å². The predicted octanol–water partition coefficient (Wildman–Crippen LogP) is 18.7. The molecule has 0 radical (unpaired) electrons. The summed E-state index contributed by atoms with van der Waals surface area (Å²) >= 11 is 0. The Kier molecular flexibility index (Phi) is 56.9. The summed E-state index contributed by atoms with van der Waals surface area (Å²) in [5.74, 6) is 0.0711. The van der Waals surface area contributed by atoms with Gasteiger partial charge in [-0.3, -0.25) is 37.3 Å². The molecule has 86 heavy (non-hydrogen) atoms. The van der Waals surface area contributed by atoms with Gasteiger partial charge in [0, 0.05) is 25.7 Å². The van der Waals surface area contributed by atoms with Crippen LogP contribution < -0.4 is 0 Å². The third kappa shape index (κ3) is 58.4. The molecule has 17 nitrogen and oxygen atoms in total. The SMILES string of the molecule is CCCCCCCCCCCCCCCCC(=O)O[C@H](COC(=O)CCCCCCCCCCC(C)CC)COP(=O)(O)OC[C@@H](O)COP(=O)(O)OC[C@@H](COC(=O)CCCCCCCCC(C)CC)OC(=O)CCCCCCCCCC(C)C. The number of esters is 4. The summed E-state index contributed by atoms with van der Waals surface area (Å²) in [6, 6.07) is 0. The van der Waals surface area contributed by atoms with Gasteiger partial charge in [0.2, 0.25) is 0 Å². The van der Waals surface area contributed by atoms with Crippen LogP contribution in [0.4, 0.5) is 0 Å². The van der Waals surface area contributed by atoms with Crippen LogP contribution >= 0.6 is 15.6 Å². The molecule has 0 aromatic heterocycles. The first kappa shape index (κ1) is 84.1. The van der Waals surface area contributed by atoms with E-state index in [1.165, 1.54) is 135 Å². The number of phosphoric acid groups is 2. The molecule has 0 amide bonds. The van der Waals surface area contributed by atoms with Gasteiger partial charge in [-0.25, -0.2) is 9.13 Å². The number of carbonyl (C=O) groups excluding carboxylic acids is 4. The first-order chi connectivity index (χ1) is 41.3. The van der Waals surface area contributed by atoms with Crippen molar-refractivity contribution in [2.24, 2.45) is 17.8 Å². The maximum absolute atomic E-state index is 13.0. The Balaban J connectivity index is 5.26. The van der Waals surface area contributed by atoms with Crippen molar-refractivity contribution in [2.75, 3.05) is 39.6 Å². The molecule has 0 bridgehead atoms. The zero-order valence-electron chi connectivity index (χ0n) is 55.8. The molecule has 0 fully saturated rings. The lowest BCUT2D eigenvalue weighted by Crippen LogP contribution is -2.30. The molecule has 0 saturated heterocycles. The Morgan fingerprint density at radius 2 is 0.593 bits per heavy atom. The number of ether oxygens (including phenoxy) is 4. The van der Waals surface area contributed by atoms with E-state index in [-0.39, 0.29) is 25.7 Å². The summed E-state index contributed by atoms with van der Waals surface area (Å²) in [5.41, 5.74) is 0. The second-order valence-corrected chi connectivity index (χ2v) is 28.1. The van der Waals surface area contributed by atoms with E-state index >= 15 is 0 Å². The van der Waals surface area contributed by atoms with Crippen LogP contribution in [0.3, 0.4) is 0 Å².